The zero-order valence-electron chi connectivity index (χ0n) is 14.0. The maximum atomic E-state index is 13.6. The lowest BCUT2D eigenvalue weighted by Crippen LogP contribution is -2.20. The van der Waals surface area contributed by atoms with Gasteiger partial charge >= 0.3 is 0 Å². The smallest absolute Gasteiger partial charge is 0.226 e. The van der Waals surface area contributed by atoms with Gasteiger partial charge in [0.15, 0.2) is 11.6 Å². The minimum absolute atomic E-state index is 0.229. The molecule has 0 bridgehead atoms. The van der Waals surface area contributed by atoms with Crippen LogP contribution < -0.4 is 10.1 Å². The first-order valence-electron chi connectivity index (χ1n) is 8.22. The topological polar surface area (TPSA) is 52.0 Å². The van der Waals surface area contributed by atoms with E-state index in [0.717, 1.165) is 23.4 Å². The van der Waals surface area contributed by atoms with Crippen LogP contribution in [0.1, 0.15) is 24.1 Å². The van der Waals surface area contributed by atoms with Crippen molar-refractivity contribution in [2.45, 2.75) is 13.0 Å². The third-order valence-electron chi connectivity index (χ3n) is 4.17. The Hall–Kier alpha value is -3.22. The van der Waals surface area contributed by atoms with Gasteiger partial charge in [0.25, 0.3) is 0 Å². The van der Waals surface area contributed by atoms with Crippen LogP contribution >= 0.6 is 0 Å². The van der Waals surface area contributed by atoms with Crippen LogP contribution in [-0.2, 0) is 0 Å². The number of aromatic nitrogens is 3. The van der Waals surface area contributed by atoms with Gasteiger partial charge in [-0.05, 0) is 48.9 Å². The highest BCUT2D eigenvalue weighted by atomic mass is 19.2. The van der Waals surface area contributed by atoms with Gasteiger partial charge in [-0.3, -0.25) is 0 Å². The van der Waals surface area contributed by atoms with Gasteiger partial charge in [-0.25, -0.2) is 13.5 Å². The number of nitrogens with zero attached hydrogens (tertiary/aromatic N) is 3. The molecule has 0 aliphatic carbocycles. The third-order valence-corrected chi connectivity index (χ3v) is 4.17. The molecule has 0 saturated carbocycles. The lowest BCUT2D eigenvalue weighted by Gasteiger charge is -2.24. The van der Waals surface area contributed by atoms with E-state index < -0.39 is 11.6 Å². The predicted octanol–water partition coefficient (Wildman–Crippen LogP) is 4.01. The molecule has 2 aromatic carbocycles. The molecule has 0 spiro atoms. The van der Waals surface area contributed by atoms with Crippen LogP contribution in [0.3, 0.4) is 0 Å². The van der Waals surface area contributed by atoms with Crippen molar-refractivity contribution in [2.75, 3.05) is 11.9 Å². The number of nitrogens with one attached hydrogen (secondary N) is 1. The van der Waals surface area contributed by atoms with Crippen molar-refractivity contribution < 1.29 is 13.5 Å². The van der Waals surface area contributed by atoms with Crippen LogP contribution in [0.2, 0.25) is 0 Å². The van der Waals surface area contributed by atoms with Crippen molar-refractivity contribution in [3.63, 3.8) is 0 Å². The van der Waals surface area contributed by atoms with Crippen LogP contribution in [0.15, 0.2) is 54.9 Å². The van der Waals surface area contributed by atoms with Crippen molar-refractivity contribution in [2.24, 2.45) is 0 Å². The first-order valence-corrected chi connectivity index (χ1v) is 8.22. The van der Waals surface area contributed by atoms with Crippen LogP contribution in [0.5, 0.6) is 5.75 Å². The van der Waals surface area contributed by atoms with E-state index in [1.807, 2.05) is 37.3 Å². The molecule has 0 unspecified atom stereocenters. The standard InChI is InChI=1S/C19H16F2N4O/c1-2-26-14-6-3-12(4-7-14)18-10-17(24-19-22-11-23-25(18)19)13-5-8-15(20)16(21)9-13/h3-11,18H,2H2,1H3,(H,22,23,24)/t18-/m0/s1. The highest BCUT2D eigenvalue weighted by Crippen LogP contribution is 2.32. The predicted molar refractivity (Wildman–Crippen MR) is 93.7 cm³/mol. The Morgan fingerprint density at radius 2 is 1.92 bits per heavy atom. The summed E-state index contributed by atoms with van der Waals surface area (Å²) < 4.78 is 34.1. The number of hydrogen-bond donors (Lipinski definition) is 1. The second kappa shape index (κ2) is 6.59. The summed E-state index contributed by atoms with van der Waals surface area (Å²) >= 11 is 0. The first kappa shape index (κ1) is 16.3. The molecule has 0 fully saturated rings. The zero-order valence-corrected chi connectivity index (χ0v) is 14.0. The fourth-order valence-corrected chi connectivity index (χ4v) is 2.93. The molecular formula is C19H16F2N4O. The molecule has 0 radical (unpaired) electrons. The molecule has 132 valence electrons. The van der Waals surface area contributed by atoms with Gasteiger partial charge in [-0.2, -0.15) is 10.1 Å². The molecule has 1 aromatic heterocycles. The third kappa shape index (κ3) is 2.92. The Kier molecular flexibility index (Phi) is 4.12. The lowest BCUT2D eigenvalue weighted by atomic mass is 10.0. The number of ether oxygens (including phenoxy) is 1. The molecule has 3 aromatic rings. The van der Waals surface area contributed by atoms with E-state index in [4.69, 9.17) is 4.74 Å². The minimum Gasteiger partial charge on any atom is -0.494 e. The minimum atomic E-state index is -0.894. The lowest BCUT2D eigenvalue weighted by molar-refractivity contribution is 0.340. The highest BCUT2D eigenvalue weighted by Gasteiger charge is 2.23. The van der Waals surface area contributed by atoms with E-state index in [1.165, 1.54) is 12.4 Å². The van der Waals surface area contributed by atoms with E-state index in [1.54, 1.807) is 4.68 Å². The number of anilines is 1. The van der Waals surface area contributed by atoms with Gasteiger partial charge in [-0.1, -0.05) is 12.1 Å². The Morgan fingerprint density at radius 1 is 1.12 bits per heavy atom. The second-order valence-electron chi connectivity index (χ2n) is 5.81. The summed E-state index contributed by atoms with van der Waals surface area (Å²) in [5, 5.41) is 7.37. The summed E-state index contributed by atoms with van der Waals surface area (Å²) in [7, 11) is 0. The summed E-state index contributed by atoms with van der Waals surface area (Å²) in [6.07, 6.45) is 3.36. The largest absolute Gasteiger partial charge is 0.494 e. The van der Waals surface area contributed by atoms with Gasteiger partial charge in [-0.15, -0.1) is 0 Å². The van der Waals surface area contributed by atoms with E-state index >= 15 is 0 Å². The average Bonchev–Trinajstić information content (AvgIpc) is 3.13. The molecule has 4 rings (SSSR count). The Bertz CT molecular complexity index is 966. The van der Waals surface area contributed by atoms with Crippen LogP contribution in [0, 0.1) is 11.6 Å². The normalized spacial score (nSPS) is 15.8. The van der Waals surface area contributed by atoms with Crippen molar-refractivity contribution in [3.8, 4) is 5.75 Å². The molecular weight excluding hydrogens is 338 g/mol. The number of allylic oxidation sites excluding steroid dienone is 1. The molecule has 2 heterocycles. The van der Waals surface area contributed by atoms with E-state index in [-0.39, 0.29) is 6.04 Å². The number of rotatable bonds is 4. The highest BCUT2D eigenvalue weighted by molar-refractivity contribution is 5.77. The van der Waals surface area contributed by atoms with Gasteiger partial charge in [0, 0.05) is 11.3 Å². The van der Waals surface area contributed by atoms with E-state index in [9.17, 15) is 8.78 Å². The van der Waals surface area contributed by atoms with E-state index in [0.29, 0.717) is 23.8 Å². The van der Waals surface area contributed by atoms with Crippen LogP contribution in [-0.4, -0.2) is 21.4 Å². The summed E-state index contributed by atoms with van der Waals surface area (Å²) in [5.74, 6) is -0.453. The summed E-state index contributed by atoms with van der Waals surface area (Å²) in [4.78, 5) is 4.20. The SMILES string of the molecule is CCOc1ccc([C@@H]2C=C(c3ccc(F)c(F)c3)Nc3ncnn32)cc1. The van der Waals surface area contributed by atoms with Crippen LogP contribution in [0.4, 0.5) is 14.7 Å². The molecule has 1 N–H and O–H groups in total. The van der Waals surface area contributed by atoms with Gasteiger partial charge < -0.3 is 10.1 Å². The van der Waals surface area contributed by atoms with Crippen molar-refractivity contribution >= 4 is 11.6 Å². The monoisotopic (exact) mass is 354 g/mol. The molecule has 1 atom stereocenters. The van der Waals surface area contributed by atoms with Crippen molar-refractivity contribution in [1.82, 2.24) is 14.8 Å². The fraction of sp³-hybridized carbons (Fsp3) is 0.158. The maximum absolute atomic E-state index is 13.6. The quantitative estimate of drug-likeness (QED) is 0.769. The van der Waals surface area contributed by atoms with Gasteiger partial charge in [0.1, 0.15) is 18.1 Å². The Balaban J connectivity index is 1.74. The zero-order chi connectivity index (χ0) is 18.1. The number of benzene rings is 2. The first-order chi connectivity index (χ1) is 12.7. The average molecular weight is 354 g/mol. The Morgan fingerprint density at radius 3 is 2.65 bits per heavy atom. The molecule has 1 aliphatic heterocycles. The van der Waals surface area contributed by atoms with E-state index in [2.05, 4.69) is 15.4 Å². The number of halogens is 2. The summed E-state index contributed by atoms with van der Waals surface area (Å²) in [6, 6.07) is 11.3. The summed E-state index contributed by atoms with van der Waals surface area (Å²) in [5.41, 5.74) is 2.15. The molecule has 5 nitrogen and oxygen atoms in total. The van der Waals surface area contributed by atoms with Crippen LogP contribution in [0.25, 0.3) is 5.70 Å². The number of fused-ring (bicyclic) bond motifs is 1. The van der Waals surface area contributed by atoms with Gasteiger partial charge in [0.2, 0.25) is 5.95 Å². The van der Waals surface area contributed by atoms with Crippen molar-refractivity contribution in [1.29, 1.82) is 0 Å². The number of hydrogen-bond acceptors (Lipinski definition) is 4. The molecule has 0 amide bonds. The molecule has 1 aliphatic rings. The maximum Gasteiger partial charge on any atom is 0.226 e. The molecule has 0 saturated heterocycles. The molecule has 7 heteroatoms. The fourth-order valence-electron chi connectivity index (χ4n) is 2.93. The molecule has 26 heavy (non-hydrogen) atoms. The summed E-state index contributed by atoms with van der Waals surface area (Å²) in [6.45, 7) is 2.53. The van der Waals surface area contributed by atoms with Crippen molar-refractivity contribution in [3.05, 3.63) is 77.6 Å². The van der Waals surface area contributed by atoms with Gasteiger partial charge in [0.05, 0.1) is 6.61 Å². The second-order valence-corrected chi connectivity index (χ2v) is 5.81. The Labute approximate surface area is 148 Å².